The summed E-state index contributed by atoms with van der Waals surface area (Å²) in [5.41, 5.74) is 0.652. The lowest BCUT2D eigenvalue weighted by Gasteiger charge is -2.20. The van der Waals surface area contributed by atoms with Gasteiger partial charge in [-0.3, -0.25) is 9.78 Å². The van der Waals surface area contributed by atoms with Crippen molar-refractivity contribution in [2.75, 3.05) is 36.4 Å². The van der Waals surface area contributed by atoms with Crippen molar-refractivity contribution in [1.82, 2.24) is 20.6 Å². The molecule has 0 bridgehead atoms. The normalized spacial score (nSPS) is 16.7. The molecule has 2 aromatic rings. The summed E-state index contributed by atoms with van der Waals surface area (Å²) in [7, 11) is 0. The predicted molar refractivity (Wildman–Crippen MR) is 112 cm³/mol. The zero-order valence-electron chi connectivity index (χ0n) is 15.7. The maximum Gasteiger partial charge on any atom is 0.246 e. The van der Waals surface area contributed by atoms with Gasteiger partial charge in [-0.25, -0.2) is 9.98 Å². The monoisotopic (exact) mass is 401 g/mol. The lowest BCUT2D eigenvalue weighted by molar-refractivity contribution is -0.114. The lowest BCUT2D eigenvalue weighted by atomic mass is 10.3. The number of aliphatic imine (C=N–C) groups is 1. The standard InChI is InChI=1S/C19H24ClN7O/c1-2-22-19(24-12-17(28)25-14-5-3-8-21-11-14)26-15-7-10-27(13-15)18-16(20)6-4-9-23-18/h3-6,8-9,11,15H,2,7,10,12-13H2,1H3,(H,25,28)(H2,22,24,26). The lowest BCUT2D eigenvalue weighted by Crippen LogP contribution is -2.45. The molecule has 1 amide bonds. The molecule has 3 rings (SSSR count). The van der Waals surface area contributed by atoms with Gasteiger partial charge in [-0.15, -0.1) is 0 Å². The van der Waals surface area contributed by atoms with Gasteiger partial charge in [0.2, 0.25) is 5.91 Å². The van der Waals surface area contributed by atoms with E-state index in [1.807, 2.05) is 19.1 Å². The molecule has 0 spiro atoms. The van der Waals surface area contributed by atoms with Crippen LogP contribution in [-0.2, 0) is 4.79 Å². The molecule has 2 aromatic heterocycles. The van der Waals surface area contributed by atoms with Crippen molar-refractivity contribution in [3.63, 3.8) is 0 Å². The zero-order chi connectivity index (χ0) is 19.8. The molecule has 1 aliphatic heterocycles. The van der Waals surface area contributed by atoms with E-state index in [1.54, 1.807) is 30.7 Å². The van der Waals surface area contributed by atoms with E-state index in [2.05, 4.69) is 35.8 Å². The molecular weight excluding hydrogens is 378 g/mol. The number of pyridine rings is 2. The smallest absolute Gasteiger partial charge is 0.246 e. The number of aromatic nitrogens is 2. The Kier molecular flexibility index (Phi) is 7.02. The number of rotatable bonds is 6. The Balaban J connectivity index is 1.55. The molecule has 1 unspecified atom stereocenters. The number of carbonyl (C=O) groups is 1. The minimum atomic E-state index is -0.196. The molecule has 9 heteroatoms. The summed E-state index contributed by atoms with van der Waals surface area (Å²) in [4.78, 5) is 27.0. The molecule has 148 valence electrons. The third-order valence-corrected chi connectivity index (χ3v) is 4.53. The first-order valence-electron chi connectivity index (χ1n) is 9.26. The summed E-state index contributed by atoms with van der Waals surface area (Å²) in [5.74, 6) is 1.22. The molecular formula is C19H24ClN7O. The van der Waals surface area contributed by atoms with Crippen LogP contribution in [0.3, 0.4) is 0 Å². The van der Waals surface area contributed by atoms with Crippen LogP contribution in [0.15, 0.2) is 47.8 Å². The van der Waals surface area contributed by atoms with Crippen LogP contribution < -0.4 is 20.9 Å². The van der Waals surface area contributed by atoms with Gasteiger partial charge in [0.1, 0.15) is 12.4 Å². The topological polar surface area (TPSA) is 94.5 Å². The Morgan fingerprint density at radius 3 is 2.96 bits per heavy atom. The van der Waals surface area contributed by atoms with Crippen LogP contribution in [0.5, 0.6) is 0 Å². The summed E-state index contributed by atoms with van der Waals surface area (Å²) in [5, 5.41) is 9.99. The van der Waals surface area contributed by atoms with Crippen molar-refractivity contribution in [1.29, 1.82) is 0 Å². The number of nitrogens with zero attached hydrogens (tertiary/aromatic N) is 4. The number of halogens is 1. The zero-order valence-corrected chi connectivity index (χ0v) is 16.5. The molecule has 0 aliphatic carbocycles. The fraction of sp³-hybridized carbons (Fsp3) is 0.368. The molecule has 1 aliphatic rings. The molecule has 1 fully saturated rings. The van der Waals surface area contributed by atoms with Crippen molar-refractivity contribution >= 4 is 35.0 Å². The first-order valence-corrected chi connectivity index (χ1v) is 9.63. The van der Waals surface area contributed by atoms with Crippen LogP contribution in [0.2, 0.25) is 5.02 Å². The van der Waals surface area contributed by atoms with E-state index in [0.717, 1.165) is 25.3 Å². The highest BCUT2D eigenvalue weighted by Crippen LogP contribution is 2.25. The maximum atomic E-state index is 12.1. The second-order valence-corrected chi connectivity index (χ2v) is 6.78. The summed E-state index contributed by atoms with van der Waals surface area (Å²) in [6.07, 6.45) is 5.93. The fourth-order valence-electron chi connectivity index (χ4n) is 2.98. The van der Waals surface area contributed by atoms with E-state index in [4.69, 9.17) is 11.6 Å². The van der Waals surface area contributed by atoms with Crippen LogP contribution in [-0.4, -0.2) is 54.1 Å². The van der Waals surface area contributed by atoms with Crippen molar-refractivity contribution in [3.05, 3.63) is 47.9 Å². The summed E-state index contributed by atoms with van der Waals surface area (Å²) < 4.78 is 0. The van der Waals surface area contributed by atoms with Gasteiger partial charge in [0, 0.05) is 38.1 Å². The number of guanidine groups is 1. The van der Waals surface area contributed by atoms with Crippen molar-refractivity contribution in [3.8, 4) is 0 Å². The molecule has 3 N–H and O–H groups in total. The molecule has 0 aromatic carbocycles. The van der Waals surface area contributed by atoms with Crippen molar-refractivity contribution in [2.45, 2.75) is 19.4 Å². The Hall–Kier alpha value is -2.87. The van der Waals surface area contributed by atoms with Gasteiger partial charge in [0.15, 0.2) is 5.96 Å². The Bertz CT molecular complexity index is 815. The van der Waals surface area contributed by atoms with E-state index in [0.29, 0.717) is 23.2 Å². The van der Waals surface area contributed by atoms with Gasteiger partial charge >= 0.3 is 0 Å². The van der Waals surface area contributed by atoms with E-state index in [-0.39, 0.29) is 18.5 Å². The predicted octanol–water partition coefficient (Wildman–Crippen LogP) is 1.90. The molecule has 8 nitrogen and oxygen atoms in total. The average Bonchev–Trinajstić information content (AvgIpc) is 3.16. The minimum absolute atomic E-state index is 0.0206. The van der Waals surface area contributed by atoms with Crippen molar-refractivity contribution in [2.24, 2.45) is 4.99 Å². The Labute approximate surface area is 169 Å². The van der Waals surface area contributed by atoms with Gasteiger partial charge in [-0.1, -0.05) is 11.6 Å². The fourth-order valence-corrected chi connectivity index (χ4v) is 3.22. The third-order valence-electron chi connectivity index (χ3n) is 4.24. The second-order valence-electron chi connectivity index (χ2n) is 6.37. The Morgan fingerprint density at radius 2 is 2.21 bits per heavy atom. The first kappa shape index (κ1) is 19.9. The van der Waals surface area contributed by atoms with Gasteiger partial charge in [-0.05, 0) is 37.6 Å². The molecule has 0 radical (unpaired) electrons. The van der Waals surface area contributed by atoms with Crippen LogP contribution >= 0.6 is 11.6 Å². The number of hydrogen-bond donors (Lipinski definition) is 3. The molecule has 1 atom stereocenters. The van der Waals surface area contributed by atoms with E-state index >= 15 is 0 Å². The van der Waals surface area contributed by atoms with Gasteiger partial charge in [0.05, 0.1) is 16.9 Å². The quantitative estimate of drug-likeness (QED) is 0.505. The highest BCUT2D eigenvalue weighted by atomic mass is 35.5. The summed E-state index contributed by atoms with van der Waals surface area (Å²) in [6, 6.07) is 7.41. The number of hydrogen-bond acceptors (Lipinski definition) is 5. The number of anilines is 2. The number of amides is 1. The van der Waals surface area contributed by atoms with Crippen molar-refractivity contribution < 1.29 is 4.79 Å². The largest absolute Gasteiger partial charge is 0.357 e. The summed E-state index contributed by atoms with van der Waals surface area (Å²) in [6.45, 7) is 4.34. The summed E-state index contributed by atoms with van der Waals surface area (Å²) >= 11 is 6.25. The van der Waals surface area contributed by atoms with Crippen LogP contribution in [0.25, 0.3) is 0 Å². The van der Waals surface area contributed by atoms with Gasteiger partial charge in [-0.2, -0.15) is 0 Å². The second kappa shape index (κ2) is 9.89. The highest BCUT2D eigenvalue weighted by Gasteiger charge is 2.25. The van der Waals surface area contributed by atoms with Crippen LogP contribution in [0.1, 0.15) is 13.3 Å². The van der Waals surface area contributed by atoms with Crippen LogP contribution in [0.4, 0.5) is 11.5 Å². The molecule has 3 heterocycles. The molecule has 0 saturated carbocycles. The highest BCUT2D eigenvalue weighted by molar-refractivity contribution is 6.32. The number of carbonyl (C=O) groups excluding carboxylic acids is 1. The Morgan fingerprint density at radius 1 is 1.36 bits per heavy atom. The molecule has 28 heavy (non-hydrogen) atoms. The third kappa shape index (κ3) is 5.56. The minimum Gasteiger partial charge on any atom is -0.357 e. The first-order chi connectivity index (χ1) is 13.7. The van der Waals surface area contributed by atoms with Gasteiger partial charge < -0.3 is 20.9 Å². The SMILES string of the molecule is CCNC(=NCC(=O)Nc1cccnc1)NC1CCN(c2ncccc2Cl)C1. The molecule has 1 saturated heterocycles. The van der Waals surface area contributed by atoms with Gasteiger partial charge in [0.25, 0.3) is 0 Å². The number of nitrogens with one attached hydrogen (secondary N) is 3. The van der Waals surface area contributed by atoms with E-state index in [9.17, 15) is 4.79 Å². The van der Waals surface area contributed by atoms with E-state index in [1.165, 1.54) is 0 Å². The van der Waals surface area contributed by atoms with Crippen LogP contribution in [0, 0.1) is 0 Å². The van der Waals surface area contributed by atoms with E-state index < -0.39 is 0 Å². The maximum absolute atomic E-state index is 12.1. The average molecular weight is 402 g/mol.